The van der Waals surface area contributed by atoms with Crippen LogP contribution in [0.5, 0.6) is 11.5 Å². The van der Waals surface area contributed by atoms with Gasteiger partial charge in [0.25, 0.3) is 0 Å². The monoisotopic (exact) mass is 265 g/mol. The average Bonchev–Trinajstić information content (AvgIpc) is 2.41. The molecule has 0 amide bonds. The molecule has 0 saturated carbocycles. The van der Waals surface area contributed by atoms with Gasteiger partial charge in [-0.05, 0) is 45.1 Å². The maximum absolute atomic E-state index is 12.2. The van der Waals surface area contributed by atoms with Crippen LogP contribution in [0.25, 0.3) is 0 Å². The predicted octanol–water partition coefficient (Wildman–Crippen LogP) is 2.65. The quantitative estimate of drug-likeness (QED) is 0.807. The van der Waals surface area contributed by atoms with Crippen LogP contribution in [0.3, 0.4) is 0 Å². The minimum Gasteiger partial charge on any atom is -0.508 e. The normalized spacial score (nSPS) is 16.6. The molecule has 1 aromatic rings. The molecule has 0 unspecified atom stereocenters. The Morgan fingerprint density at radius 2 is 1.79 bits per heavy atom. The highest BCUT2D eigenvalue weighted by Gasteiger charge is 2.26. The summed E-state index contributed by atoms with van der Waals surface area (Å²) in [6, 6.07) is 4.13. The Morgan fingerprint density at radius 1 is 1.21 bits per heavy atom. The molecule has 0 atom stereocenters. The number of Topliss-reactive ketones (excluding diaryl/α,β-unsaturated/α-hetero) is 1. The minimum absolute atomic E-state index is 0.0124. The first-order valence-electron chi connectivity index (χ1n) is 6.82. The van der Waals surface area contributed by atoms with Crippen LogP contribution in [0.1, 0.15) is 37.0 Å². The van der Waals surface area contributed by atoms with E-state index in [1.807, 2.05) is 20.9 Å². The number of ketones is 1. The maximum Gasteiger partial charge on any atom is 0.169 e. The minimum atomic E-state index is -0.131. The lowest BCUT2D eigenvalue weighted by Crippen LogP contribution is -2.33. The van der Waals surface area contributed by atoms with Gasteiger partial charge in [0.1, 0.15) is 11.5 Å². The van der Waals surface area contributed by atoms with Crippen LogP contribution in [0.2, 0.25) is 0 Å². The summed E-state index contributed by atoms with van der Waals surface area (Å²) in [6.45, 7) is 5.82. The highest BCUT2D eigenvalue weighted by molar-refractivity contribution is 6.00. The van der Waals surface area contributed by atoms with Crippen LogP contribution in [0, 0.1) is 5.92 Å². The molecule has 106 valence electrons. The van der Waals surface area contributed by atoms with Crippen molar-refractivity contribution >= 4 is 5.78 Å². The van der Waals surface area contributed by atoms with Crippen LogP contribution < -0.4 is 0 Å². The SMILES string of the molecule is CC.CN1CCC(C(=O)c2ccc(O)cc2O)CC1. The molecular weight excluding hydrogens is 242 g/mol. The van der Waals surface area contributed by atoms with Crippen LogP contribution in [-0.2, 0) is 0 Å². The molecule has 0 spiro atoms. The largest absolute Gasteiger partial charge is 0.508 e. The Kier molecular flexibility index (Phi) is 5.83. The van der Waals surface area contributed by atoms with Gasteiger partial charge < -0.3 is 15.1 Å². The number of nitrogens with zero attached hydrogens (tertiary/aromatic N) is 1. The van der Waals surface area contributed by atoms with Gasteiger partial charge in [0.05, 0.1) is 5.56 Å². The Labute approximate surface area is 114 Å². The van der Waals surface area contributed by atoms with Crippen molar-refractivity contribution in [1.29, 1.82) is 0 Å². The molecule has 0 radical (unpaired) electrons. The molecular formula is C15H23NO3. The van der Waals surface area contributed by atoms with E-state index in [-0.39, 0.29) is 23.2 Å². The zero-order valence-corrected chi connectivity index (χ0v) is 11.9. The van der Waals surface area contributed by atoms with Gasteiger partial charge in [-0.25, -0.2) is 0 Å². The summed E-state index contributed by atoms with van der Waals surface area (Å²) in [6.07, 6.45) is 1.66. The van der Waals surface area contributed by atoms with Gasteiger partial charge in [-0.15, -0.1) is 0 Å². The summed E-state index contributed by atoms with van der Waals surface area (Å²) in [5.41, 5.74) is 0.317. The first-order valence-corrected chi connectivity index (χ1v) is 6.82. The summed E-state index contributed by atoms with van der Waals surface area (Å²) >= 11 is 0. The van der Waals surface area contributed by atoms with Crippen LogP contribution in [0.15, 0.2) is 18.2 Å². The summed E-state index contributed by atoms with van der Waals surface area (Å²) in [5.74, 6) is -0.186. The molecule has 1 aliphatic heterocycles. The topological polar surface area (TPSA) is 60.8 Å². The van der Waals surface area contributed by atoms with Crippen molar-refractivity contribution in [1.82, 2.24) is 4.90 Å². The lowest BCUT2D eigenvalue weighted by molar-refractivity contribution is 0.0854. The number of piperidine rings is 1. The van der Waals surface area contributed by atoms with E-state index in [1.165, 1.54) is 18.2 Å². The van der Waals surface area contributed by atoms with E-state index in [2.05, 4.69) is 4.90 Å². The lowest BCUT2D eigenvalue weighted by atomic mass is 9.88. The van der Waals surface area contributed by atoms with E-state index in [0.29, 0.717) is 5.56 Å². The van der Waals surface area contributed by atoms with Crippen molar-refractivity contribution in [2.45, 2.75) is 26.7 Å². The fourth-order valence-corrected chi connectivity index (χ4v) is 2.22. The molecule has 4 heteroatoms. The molecule has 1 aromatic carbocycles. The second-order valence-electron chi connectivity index (χ2n) is 4.64. The van der Waals surface area contributed by atoms with Gasteiger partial charge in [0.15, 0.2) is 5.78 Å². The van der Waals surface area contributed by atoms with E-state index >= 15 is 0 Å². The van der Waals surface area contributed by atoms with Crippen molar-refractivity contribution in [3.8, 4) is 11.5 Å². The summed E-state index contributed by atoms with van der Waals surface area (Å²) < 4.78 is 0. The Bertz CT molecular complexity index is 423. The number of hydrogen-bond donors (Lipinski definition) is 2. The lowest BCUT2D eigenvalue weighted by Gasteiger charge is -2.28. The Balaban J connectivity index is 0.000000861. The van der Waals surface area contributed by atoms with Crippen LogP contribution >= 0.6 is 0 Å². The second kappa shape index (κ2) is 7.14. The molecule has 0 aromatic heterocycles. The first-order chi connectivity index (χ1) is 9.08. The molecule has 1 heterocycles. The Hall–Kier alpha value is -1.55. The zero-order valence-electron chi connectivity index (χ0n) is 11.9. The standard InChI is InChI=1S/C13H17NO3.C2H6/c1-14-6-4-9(5-7-14)13(17)11-3-2-10(15)8-12(11)16;1-2/h2-3,8-9,15-16H,4-7H2,1H3;1-2H3. The van der Waals surface area contributed by atoms with Crippen molar-refractivity contribution in [3.05, 3.63) is 23.8 Å². The van der Waals surface area contributed by atoms with Gasteiger partial charge in [-0.3, -0.25) is 4.79 Å². The number of benzene rings is 1. The first kappa shape index (κ1) is 15.5. The van der Waals surface area contributed by atoms with Crippen molar-refractivity contribution in [2.24, 2.45) is 5.92 Å². The summed E-state index contributed by atoms with van der Waals surface area (Å²) in [5, 5.41) is 18.8. The number of aromatic hydroxyl groups is 2. The molecule has 2 rings (SSSR count). The molecule has 0 bridgehead atoms. The zero-order chi connectivity index (χ0) is 14.4. The van der Waals surface area contributed by atoms with Crippen molar-refractivity contribution in [3.63, 3.8) is 0 Å². The number of carbonyl (C=O) groups is 1. The summed E-state index contributed by atoms with van der Waals surface area (Å²) in [4.78, 5) is 14.4. The summed E-state index contributed by atoms with van der Waals surface area (Å²) in [7, 11) is 2.04. The van der Waals surface area contributed by atoms with E-state index in [4.69, 9.17) is 0 Å². The highest BCUT2D eigenvalue weighted by atomic mass is 16.3. The van der Waals surface area contributed by atoms with E-state index < -0.39 is 0 Å². The number of rotatable bonds is 2. The van der Waals surface area contributed by atoms with E-state index in [1.54, 1.807) is 0 Å². The van der Waals surface area contributed by atoms with Crippen molar-refractivity contribution in [2.75, 3.05) is 20.1 Å². The maximum atomic E-state index is 12.2. The van der Waals surface area contributed by atoms with E-state index in [0.717, 1.165) is 25.9 Å². The van der Waals surface area contributed by atoms with E-state index in [9.17, 15) is 15.0 Å². The molecule has 1 fully saturated rings. The van der Waals surface area contributed by atoms with Gasteiger partial charge >= 0.3 is 0 Å². The number of likely N-dealkylation sites (tertiary alicyclic amines) is 1. The van der Waals surface area contributed by atoms with Gasteiger partial charge in [-0.1, -0.05) is 13.8 Å². The fourth-order valence-electron chi connectivity index (χ4n) is 2.22. The predicted molar refractivity (Wildman–Crippen MR) is 75.7 cm³/mol. The van der Waals surface area contributed by atoms with Gasteiger partial charge in [0, 0.05) is 12.0 Å². The molecule has 0 aliphatic carbocycles. The highest BCUT2D eigenvalue weighted by Crippen LogP contribution is 2.28. The smallest absolute Gasteiger partial charge is 0.169 e. The third kappa shape index (κ3) is 3.96. The molecule has 19 heavy (non-hydrogen) atoms. The number of phenols is 2. The number of hydrogen-bond acceptors (Lipinski definition) is 4. The van der Waals surface area contributed by atoms with Crippen LogP contribution in [-0.4, -0.2) is 41.0 Å². The molecule has 4 nitrogen and oxygen atoms in total. The number of carbonyl (C=O) groups excluding carboxylic acids is 1. The second-order valence-corrected chi connectivity index (χ2v) is 4.64. The third-order valence-corrected chi connectivity index (χ3v) is 3.34. The third-order valence-electron chi connectivity index (χ3n) is 3.34. The molecule has 2 N–H and O–H groups in total. The van der Waals surface area contributed by atoms with Gasteiger partial charge in [0.2, 0.25) is 0 Å². The number of phenolic OH excluding ortho intramolecular Hbond substituents is 2. The fraction of sp³-hybridized carbons (Fsp3) is 0.533. The average molecular weight is 265 g/mol. The molecule has 1 saturated heterocycles. The molecule has 1 aliphatic rings. The van der Waals surface area contributed by atoms with Crippen LogP contribution in [0.4, 0.5) is 0 Å². The Morgan fingerprint density at radius 3 is 2.32 bits per heavy atom. The van der Waals surface area contributed by atoms with Gasteiger partial charge in [-0.2, -0.15) is 0 Å². The van der Waals surface area contributed by atoms with Crippen molar-refractivity contribution < 1.29 is 15.0 Å².